The molecule has 0 aliphatic carbocycles. The van der Waals surface area contributed by atoms with Gasteiger partial charge < -0.3 is 15.0 Å². The average molecular weight is 270 g/mol. The smallest absolute Gasteiger partial charge is 0.254 e. The summed E-state index contributed by atoms with van der Waals surface area (Å²) in [6.07, 6.45) is 5.17. The van der Waals surface area contributed by atoms with Crippen molar-refractivity contribution >= 4 is 16.8 Å². The maximum Gasteiger partial charge on any atom is 0.254 e. The van der Waals surface area contributed by atoms with Gasteiger partial charge in [0, 0.05) is 29.4 Å². The SMILES string of the molecule is O=C(c1ccc2cc[nH]c2c1)N1C2CCC1CC(O)C2. The van der Waals surface area contributed by atoms with Crippen molar-refractivity contribution in [2.75, 3.05) is 0 Å². The van der Waals surface area contributed by atoms with E-state index in [2.05, 4.69) is 4.98 Å². The van der Waals surface area contributed by atoms with Crippen molar-refractivity contribution < 1.29 is 9.90 Å². The molecule has 2 N–H and O–H groups in total. The molecule has 0 saturated carbocycles. The summed E-state index contributed by atoms with van der Waals surface area (Å²) in [6, 6.07) is 8.27. The standard InChI is InChI=1S/C16H18N2O2/c19-14-8-12-3-4-13(9-14)18(12)16(20)11-2-1-10-5-6-17-15(10)7-11/h1-2,5-7,12-14,17,19H,3-4,8-9H2. The molecule has 2 atom stereocenters. The molecule has 1 amide bonds. The van der Waals surface area contributed by atoms with E-state index in [0.717, 1.165) is 42.1 Å². The number of nitrogens with zero attached hydrogens (tertiary/aromatic N) is 1. The highest BCUT2D eigenvalue weighted by atomic mass is 16.3. The van der Waals surface area contributed by atoms with Gasteiger partial charge in [-0.2, -0.15) is 0 Å². The number of amides is 1. The van der Waals surface area contributed by atoms with Crippen molar-refractivity contribution in [2.24, 2.45) is 0 Å². The van der Waals surface area contributed by atoms with Crippen LogP contribution in [0.15, 0.2) is 30.5 Å². The molecular weight excluding hydrogens is 252 g/mol. The highest BCUT2D eigenvalue weighted by Crippen LogP contribution is 2.36. The molecule has 4 heteroatoms. The van der Waals surface area contributed by atoms with Crippen LogP contribution in [0.5, 0.6) is 0 Å². The van der Waals surface area contributed by atoms with Crippen LogP contribution in [0.2, 0.25) is 0 Å². The third-order valence-electron chi connectivity index (χ3n) is 4.74. The van der Waals surface area contributed by atoms with E-state index in [4.69, 9.17) is 0 Å². The molecule has 2 bridgehead atoms. The molecule has 104 valence electrons. The number of fused-ring (bicyclic) bond motifs is 3. The van der Waals surface area contributed by atoms with E-state index in [1.165, 1.54) is 0 Å². The number of carbonyl (C=O) groups is 1. The largest absolute Gasteiger partial charge is 0.393 e. The summed E-state index contributed by atoms with van der Waals surface area (Å²) in [5.41, 5.74) is 1.74. The third kappa shape index (κ3) is 1.75. The molecule has 0 spiro atoms. The summed E-state index contributed by atoms with van der Waals surface area (Å²) in [5.74, 6) is 0.112. The summed E-state index contributed by atoms with van der Waals surface area (Å²) in [6.45, 7) is 0. The quantitative estimate of drug-likeness (QED) is 0.835. The zero-order valence-corrected chi connectivity index (χ0v) is 11.2. The summed E-state index contributed by atoms with van der Waals surface area (Å²) in [4.78, 5) is 17.9. The van der Waals surface area contributed by atoms with Crippen LogP contribution in [-0.2, 0) is 0 Å². The summed E-state index contributed by atoms with van der Waals surface area (Å²) >= 11 is 0. The zero-order valence-electron chi connectivity index (χ0n) is 11.2. The van der Waals surface area contributed by atoms with E-state index in [0.29, 0.717) is 0 Å². The summed E-state index contributed by atoms with van der Waals surface area (Å²) in [7, 11) is 0. The van der Waals surface area contributed by atoms with Gasteiger partial charge in [0.15, 0.2) is 0 Å². The van der Waals surface area contributed by atoms with E-state index in [-0.39, 0.29) is 24.1 Å². The van der Waals surface area contributed by atoms with Crippen molar-refractivity contribution in [1.29, 1.82) is 0 Å². The third-order valence-corrected chi connectivity index (χ3v) is 4.74. The highest BCUT2D eigenvalue weighted by molar-refractivity contribution is 5.98. The Kier molecular flexibility index (Phi) is 2.60. The maximum absolute atomic E-state index is 12.8. The molecule has 3 heterocycles. The normalized spacial score (nSPS) is 29.1. The zero-order chi connectivity index (χ0) is 13.7. The Hall–Kier alpha value is -1.81. The topological polar surface area (TPSA) is 56.3 Å². The monoisotopic (exact) mass is 270 g/mol. The minimum atomic E-state index is -0.234. The van der Waals surface area contributed by atoms with Crippen molar-refractivity contribution in [3.8, 4) is 0 Å². The lowest BCUT2D eigenvalue weighted by Crippen LogP contribution is -2.47. The predicted octanol–water partition coefficient (Wildman–Crippen LogP) is 2.30. The molecule has 0 radical (unpaired) electrons. The van der Waals surface area contributed by atoms with Crippen LogP contribution < -0.4 is 0 Å². The lowest BCUT2D eigenvalue weighted by Gasteiger charge is -2.37. The first kappa shape index (κ1) is 12.0. The first-order chi connectivity index (χ1) is 9.72. The van der Waals surface area contributed by atoms with Gasteiger partial charge in [-0.25, -0.2) is 0 Å². The Balaban J connectivity index is 1.66. The molecule has 20 heavy (non-hydrogen) atoms. The number of hydrogen-bond acceptors (Lipinski definition) is 2. The summed E-state index contributed by atoms with van der Waals surface area (Å²) in [5, 5.41) is 11.0. The van der Waals surface area contributed by atoms with Crippen LogP contribution in [0.4, 0.5) is 0 Å². The van der Waals surface area contributed by atoms with Crippen LogP contribution in [0.1, 0.15) is 36.0 Å². The Bertz CT molecular complexity index is 649. The second kappa shape index (κ2) is 4.35. The van der Waals surface area contributed by atoms with Crippen molar-refractivity contribution in [3.05, 3.63) is 36.0 Å². The van der Waals surface area contributed by atoms with Gasteiger partial charge in [-0.1, -0.05) is 6.07 Å². The lowest BCUT2D eigenvalue weighted by atomic mass is 9.98. The number of carbonyl (C=O) groups excluding carboxylic acids is 1. The van der Waals surface area contributed by atoms with Crippen LogP contribution in [0.3, 0.4) is 0 Å². The lowest BCUT2D eigenvalue weighted by molar-refractivity contribution is 0.0287. The number of piperidine rings is 1. The Morgan fingerprint density at radius 2 is 1.95 bits per heavy atom. The Labute approximate surface area is 117 Å². The number of H-pyrrole nitrogens is 1. The number of hydrogen-bond donors (Lipinski definition) is 2. The van der Waals surface area contributed by atoms with Crippen molar-refractivity contribution in [1.82, 2.24) is 9.88 Å². The van der Waals surface area contributed by atoms with Gasteiger partial charge in [-0.15, -0.1) is 0 Å². The molecular formula is C16H18N2O2. The van der Waals surface area contributed by atoms with Crippen LogP contribution >= 0.6 is 0 Å². The molecule has 2 fully saturated rings. The number of aromatic nitrogens is 1. The van der Waals surface area contributed by atoms with Crippen LogP contribution in [-0.4, -0.2) is 39.1 Å². The van der Waals surface area contributed by atoms with Crippen LogP contribution in [0.25, 0.3) is 10.9 Å². The fraction of sp³-hybridized carbons (Fsp3) is 0.438. The molecule has 1 aromatic heterocycles. The molecule has 4 nitrogen and oxygen atoms in total. The van der Waals surface area contributed by atoms with Gasteiger partial charge in [0.05, 0.1) is 6.10 Å². The van der Waals surface area contributed by atoms with E-state index in [1.807, 2.05) is 35.4 Å². The van der Waals surface area contributed by atoms with Gasteiger partial charge in [0.1, 0.15) is 0 Å². The van der Waals surface area contributed by atoms with Gasteiger partial charge in [0.25, 0.3) is 5.91 Å². The molecule has 2 aromatic rings. The first-order valence-corrected chi connectivity index (χ1v) is 7.30. The molecule has 4 rings (SSSR count). The van der Waals surface area contributed by atoms with Crippen LogP contribution in [0, 0.1) is 0 Å². The number of rotatable bonds is 1. The highest BCUT2D eigenvalue weighted by Gasteiger charge is 2.42. The van der Waals surface area contributed by atoms with Gasteiger partial charge >= 0.3 is 0 Å². The van der Waals surface area contributed by atoms with E-state index in [1.54, 1.807) is 0 Å². The maximum atomic E-state index is 12.8. The number of aliphatic hydroxyl groups is 1. The molecule has 2 aliphatic rings. The van der Waals surface area contributed by atoms with Crippen molar-refractivity contribution in [3.63, 3.8) is 0 Å². The predicted molar refractivity (Wildman–Crippen MR) is 76.5 cm³/mol. The van der Waals surface area contributed by atoms with Gasteiger partial charge in [-0.3, -0.25) is 4.79 Å². The molecule has 2 aliphatic heterocycles. The van der Waals surface area contributed by atoms with E-state index in [9.17, 15) is 9.90 Å². The first-order valence-electron chi connectivity index (χ1n) is 7.30. The van der Waals surface area contributed by atoms with E-state index < -0.39 is 0 Å². The van der Waals surface area contributed by atoms with Crippen molar-refractivity contribution in [2.45, 2.75) is 43.9 Å². The molecule has 2 unspecified atom stereocenters. The fourth-order valence-electron chi connectivity index (χ4n) is 3.81. The van der Waals surface area contributed by atoms with Gasteiger partial charge in [0.2, 0.25) is 0 Å². The molecule has 1 aromatic carbocycles. The number of aromatic amines is 1. The Morgan fingerprint density at radius 1 is 1.20 bits per heavy atom. The van der Waals surface area contributed by atoms with E-state index >= 15 is 0 Å². The number of aliphatic hydroxyl groups excluding tert-OH is 1. The second-order valence-electron chi connectivity index (χ2n) is 6.00. The second-order valence-corrected chi connectivity index (χ2v) is 6.00. The summed E-state index contributed by atoms with van der Waals surface area (Å²) < 4.78 is 0. The van der Waals surface area contributed by atoms with Gasteiger partial charge in [-0.05, 0) is 49.3 Å². The minimum absolute atomic E-state index is 0.112. The Morgan fingerprint density at radius 3 is 2.70 bits per heavy atom. The number of nitrogens with one attached hydrogen (secondary N) is 1. The molecule has 2 saturated heterocycles. The minimum Gasteiger partial charge on any atom is -0.393 e. The number of benzene rings is 1. The fourth-order valence-corrected chi connectivity index (χ4v) is 3.81. The average Bonchev–Trinajstić information content (AvgIpc) is 3.00.